The molecule has 1 atom stereocenters. The fraction of sp³-hybridized carbons (Fsp3) is 0.385. The summed E-state index contributed by atoms with van der Waals surface area (Å²) in [5.74, 6) is -0.716. The van der Waals surface area contributed by atoms with Crippen LogP contribution in [0.2, 0.25) is 5.02 Å². The molecule has 2 aromatic rings. The van der Waals surface area contributed by atoms with Crippen molar-refractivity contribution in [2.45, 2.75) is 31.7 Å². The zero-order chi connectivity index (χ0) is 15.2. The molecule has 20 heavy (non-hydrogen) atoms. The highest BCUT2D eigenvalue weighted by Crippen LogP contribution is 2.32. The van der Waals surface area contributed by atoms with Crippen molar-refractivity contribution < 1.29 is 9.18 Å². The summed E-state index contributed by atoms with van der Waals surface area (Å²) in [6.45, 7) is 4.98. The van der Waals surface area contributed by atoms with Gasteiger partial charge in [-0.2, -0.15) is 0 Å². The predicted octanol–water partition coefficient (Wildman–Crippen LogP) is 3.35. The lowest BCUT2D eigenvalue weighted by atomic mass is 10.0. The van der Waals surface area contributed by atoms with Crippen molar-refractivity contribution >= 4 is 40.1 Å². The van der Waals surface area contributed by atoms with Gasteiger partial charge in [-0.05, 0) is 26.8 Å². The minimum absolute atomic E-state index is 0.0344. The van der Waals surface area contributed by atoms with Crippen molar-refractivity contribution in [3.05, 3.63) is 28.8 Å². The number of hydrogen-bond donors (Lipinski definition) is 1. The average molecular weight is 318 g/mol. The number of imidazole rings is 1. The lowest BCUT2D eigenvalue weighted by Crippen LogP contribution is -2.42. The Morgan fingerprint density at radius 2 is 2.10 bits per heavy atom. The molecular formula is C13H14Cl2FN3O. The second-order valence-corrected chi connectivity index (χ2v) is 6.16. The zero-order valence-electron chi connectivity index (χ0n) is 11.2. The standard InChI is InChI=1S/C13H14Cl2FN3O/c1-6(14)11-18-9-4-7(15)8(16)5-10(9)19(11)13(2,3)12(17)20/h4-6H,1-3H3,(H2,17,20). The first-order valence-electron chi connectivity index (χ1n) is 5.98. The van der Waals surface area contributed by atoms with Gasteiger partial charge in [0, 0.05) is 6.07 Å². The number of primary amides is 1. The molecule has 1 aromatic heterocycles. The molecule has 1 amide bonds. The number of benzene rings is 1. The molecule has 2 N–H and O–H groups in total. The molecule has 1 aromatic carbocycles. The zero-order valence-corrected chi connectivity index (χ0v) is 12.8. The molecule has 7 heteroatoms. The molecule has 1 heterocycles. The Balaban J connectivity index is 2.89. The first kappa shape index (κ1) is 15.1. The molecule has 1 unspecified atom stereocenters. The number of nitrogens with zero attached hydrogens (tertiary/aromatic N) is 2. The van der Waals surface area contributed by atoms with Gasteiger partial charge in [0.05, 0.1) is 21.4 Å². The number of hydrogen-bond acceptors (Lipinski definition) is 2. The smallest absolute Gasteiger partial charge is 0.243 e. The van der Waals surface area contributed by atoms with Crippen LogP contribution in [0.25, 0.3) is 11.0 Å². The number of fused-ring (bicyclic) bond motifs is 1. The summed E-state index contributed by atoms with van der Waals surface area (Å²) in [5, 5.41) is -0.504. The highest BCUT2D eigenvalue weighted by molar-refractivity contribution is 6.31. The van der Waals surface area contributed by atoms with Crippen molar-refractivity contribution in [1.29, 1.82) is 0 Å². The van der Waals surface area contributed by atoms with Gasteiger partial charge in [-0.3, -0.25) is 4.79 Å². The minimum atomic E-state index is -1.09. The first-order valence-corrected chi connectivity index (χ1v) is 6.79. The van der Waals surface area contributed by atoms with E-state index in [0.29, 0.717) is 16.9 Å². The van der Waals surface area contributed by atoms with Crippen LogP contribution in [0.5, 0.6) is 0 Å². The fourth-order valence-electron chi connectivity index (χ4n) is 2.06. The molecule has 0 fully saturated rings. The second kappa shape index (κ2) is 4.90. The second-order valence-electron chi connectivity index (χ2n) is 5.10. The summed E-state index contributed by atoms with van der Waals surface area (Å²) in [6, 6.07) is 2.64. The van der Waals surface area contributed by atoms with Gasteiger partial charge < -0.3 is 10.3 Å². The summed E-state index contributed by atoms with van der Waals surface area (Å²) >= 11 is 11.9. The van der Waals surface area contributed by atoms with Crippen LogP contribution in [0.3, 0.4) is 0 Å². The van der Waals surface area contributed by atoms with Crippen LogP contribution in [-0.4, -0.2) is 15.5 Å². The van der Waals surface area contributed by atoms with Gasteiger partial charge in [0.25, 0.3) is 0 Å². The third kappa shape index (κ3) is 2.25. The van der Waals surface area contributed by atoms with Crippen LogP contribution < -0.4 is 5.73 Å². The van der Waals surface area contributed by atoms with E-state index in [1.54, 1.807) is 25.3 Å². The SMILES string of the molecule is CC(Cl)c1nc2cc(Cl)c(F)cc2n1C(C)(C)C(N)=O. The molecule has 0 saturated carbocycles. The Kier molecular flexibility index (Phi) is 3.69. The van der Waals surface area contributed by atoms with Crippen molar-refractivity contribution in [1.82, 2.24) is 9.55 Å². The van der Waals surface area contributed by atoms with Crippen molar-refractivity contribution in [2.24, 2.45) is 5.73 Å². The topological polar surface area (TPSA) is 60.9 Å². The number of carbonyl (C=O) groups excluding carboxylic acids is 1. The monoisotopic (exact) mass is 317 g/mol. The lowest BCUT2D eigenvalue weighted by molar-refractivity contribution is -0.125. The first-order chi connectivity index (χ1) is 9.16. The molecular weight excluding hydrogens is 304 g/mol. The van der Waals surface area contributed by atoms with Crippen LogP contribution in [-0.2, 0) is 10.3 Å². The van der Waals surface area contributed by atoms with E-state index < -0.39 is 22.6 Å². The van der Waals surface area contributed by atoms with E-state index in [1.807, 2.05) is 0 Å². The van der Waals surface area contributed by atoms with Gasteiger partial charge >= 0.3 is 0 Å². The quantitative estimate of drug-likeness (QED) is 0.882. The van der Waals surface area contributed by atoms with Crippen LogP contribution in [0.4, 0.5) is 4.39 Å². The molecule has 0 bridgehead atoms. The molecule has 0 radical (unpaired) electrons. The van der Waals surface area contributed by atoms with E-state index in [1.165, 1.54) is 12.1 Å². The van der Waals surface area contributed by atoms with Crippen LogP contribution in [0.15, 0.2) is 12.1 Å². The number of carbonyl (C=O) groups is 1. The third-order valence-electron chi connectivity index (χ3n) is 3.24. The van der Waals surface area contributed by atoms with Crippen LogP contribution in [0.1, 0.15) is 32.0 Å². The van der Waals surface area contributed by atoms with Gasteiger partial charge in [-0.1, -0.05) is 11.6 Å². The van der Waals surface area contributed by atoms with Crippen LogP contribution in [0, 0.1) is 5.82 Å². The van der Waals surface area contributed by atoms with E-state index in [-0.39, 0.29) is 5.02 Å². The van der Waals surface area contributed by atoms with Crippen molar-refractivity contribution in [3.63, 3.8) is 0 Å². The normalized spacial score (nSPS) is 13.7. The predicted molar refractivity (Wildman–Crippen MR) is 77.5 cm³/mol. The molecule has 108 valence electrons. The van der Waals surface area contributed by atoms with Gasteiger partial charge in [-0.15, -0.1) is 11.6 Å². The van der Waals surface area contributed by atoms with Gasteiger partial charge in [0.2, 0.25) is 5.91 Å². The Hall–Kier alpha value is -1.33. The largest absolute Gasteiger partial charge is 0.368 e. The Morgan fingerprint density at radius 3 is 2.60 bits per heavy atom. The van der Waals surface area contributed by atoms with E-state index >= 15 is 0 Å². The molecule has 0 spiro atoms. The van der Waals surface area contributed by atoms with Crippen molar-refractivity contribution in [2.75, 3.05) is 0 Å². The fourth-order valence-corrected chi connectivity index (χ4v) is 2.36. The maximum atomic E-state index is 13.7. The summed E-state index contributed by atoms with van der Waals surface area (Å²) in [5.41, 5.74) is 5.24. The molecule has 0 aliphatic carbocycles. The lowest BCUT2D eigenvalue weighted by Gasteiger charge is -2.26. The number of alkyl halides is 1. The maximum absolute atomic E-state index is 13.7. The Labute approximate surface area is 125 Å². The van der Waals surface area contributed by atoms with Gasteiger partial charge in [0.15, 0.2) is 0 Å². The molecule has 2 rings (SSSR count). The molecule has 4 nitrogen and oxygen atoms in total. The summed E-state index contributed by atoms with van der Waals surface area (Å²) in [6.07, 6.45) is 0. The summed E-state index contributed by atoms with van der Waals surface area (Å²) < 4.78 is 15.3. The molecule has 0 aliphatic heterocycles. The third-order valence-corrected chi connectivity index (χ3v) is 3.73. The van der Waals surface area contributed by atoms with E-state index in [9.17, 15) is 9.18 Å². The van der Waals surface area contributed by atoms with E-state index in [0.717, 1.165) is 0 Å². The summed E-state index contributed by atoms with van der Waals surface area (Å²) in [4.78, 5) is 16.0. The maximum Gasteiger partial charge on any atom is 0.243 e. The van der Waals surface area contributed by atoms with Crippen molar-refractivity contribution in [3.8, 4) is 0 Å². The van der Waals surface area contributed by atoms with Gasteiger partial charge in [0.1, 0.15) is 17.2 Å². The minimum Gasteiger partial charge on any atom is -0.368 e. The summed E-state index contributed by atoms with van der Waals surface area (Å²) in [7, 11) is 0. The number of nitrogens with two attached hydrogens (primary N) is 1. The molecule has 0 saturated heterocycles. The Morgan fingerprint density at radius 1 is 1.50 bits per heavy atom. The highest BCUT2D eigenvalue weighted by Gasteiger charge is 2.33. The number of halogens is 3. The number of amides is 1. The average Bonchev–Trinajstić information content (AvgIpc) is 2.68. The van der Waals surface area contributed by atoms with E-state index in [2.05, 4.69) is 4.98 Å². The number of rotatable bonds is 3. The van der Waals surface area contributed by atoms with Crippen LogP contribution >= 0.6 is 23.2 Å². The Bertz CT molecular complexity index is 694. The van der Waals surface area contributed by atoms with E-state index in [4.69, 9.17) is 28.9 Å². The number of aromatic nitrogens is 2. The highest BCUT2D eigenvalue weighted by atomic mass is 35.5. The van der Waals surface area contributed by atoms with Gasteiger partial charge in [-0.25, -0.2) is 9.37 Å². The molecule has 0 aliphatic rings.